The molecule has 1 aromatic heterocycles. The first-order chi connectivity index (χ1) is 9.58. The Morgan fingerprint density at radius 2 is 2.05 bits per heavy atom. The summed E-state index contributed by atoms with van der Waals surface area (Å²) in [5.74, 6) is 0.274. The lowest BCUT2D eigenvalue weighted by Gasteiger charge is -2.09. The van der Waals surface area contributed by atoms with Gasteiger partial charge in [0, 0.05) is 4.47 Å². The summed E-state index contributed by atoms with van der Waals surface area (Å²) in [6.45, 7) is 2.50. The summed E-state index contributed by atoms with van der Waals surface area (Å²) in [5, 5.41) is 3.58. The fourth-order valence-electron chi connectivity index (χ4n) is 1.36. The van der Waals surface area contributed by atoms with Gasteiger partial charge in [-0.3, -0.25) is 0 Å². The van der Waals surface area contributed by atoms with E-state index in [4.69, 9.17) is 27.9 Å². The minimum absolute atomic E-state index is 0.0553. The van der Waals surface area contributed by atoms with E-state index in [9.17, 15) is 0 Å². The molecule has 0 bridgehead atoms. The van der Waals surface area contributed by atoms with E-state index < -0.39 is 0 Å². The van der Waals surface area contributed by atoms with Gasteiger partial charge in [-0.2, -0.15) is 15.0 Å². The lowest BCUT2D eigenvalue weighted by molar-refractivity contribution is 0.292. The second-order valence-corrected chi connectivity index (χ2v) is 5.47. The van der Waals surface area contributed by atoms with Gasteiger partial charge < -0.3 is 10.1 Å². The molecule has 106 valence electrons. The smallest absolute Gasteiger partial charge is 0.322 e. The van der Waals surface area contributed by atoms with Crippen LogP contribution in [0, 0.1) is 0 Å². The number of nitrogens with zero attached hydrogens (tertiary/aromatic N) is 3. The van der Waals surface area contributed by atoms with E-state index in [0.717, 1.165) is 10.9 Å². The highest BCUT2D eigenvalue weighted by atomic mass is 79.9. The molecule has 0 fully saturated rings. The van der Waals surface area contributed by atoms with Gasteiger partial charge in [0.25, 0.3) is 0 Å². The van der Waals surface area contributed by atoms with Crippen LogP contribution in [-0.4, -0.2) is 21.6 Å². The van der Waals surface area contributed by atoms with Crippen molar-refractivity contribution in [3.05, 3.63) is 33.0 Å². The summed E-state index contributed by atoms with van der Waals surface area (Å²) >= 11 is 15.3. The number of hydrogen-bond donors (Lipinski definition) is 1. The monoisotopic (exact) mass is 376 g/mol. The molecule has 0 aliphatic rings. The molecule has 20 heavy (non-hydrogen) atoms. The number of anilines is 2. The van der Waals surface area contributed by atoms with E-state index in [1.807, 2.05) is 19.1 Å². The normalized spacial score (nSPS) is 10.4. The van der Waals surface area contributed by atoms with Crippen molar-refractivity contribution in [2.45, 2.75) is 13.3 Å². The molecule has 8 heteroatoms. The molecular weight excluding hydrogens is 367 g/mol. The van der Waals surface area contributed by atoms with Crippen molar-refractivity contribution in [1.29, 1.82) is 0 Å². The molecule has 0 atom stereocenters. The van der Waals surface area contributed by atoms with E-state index in [-0.39, 0.29) is 17.2 Å². The van der Waals surface area contributed by atoms with Crippen LogP contribution in [0.3, 0.4) is 0 Å². The van der Waals surface area contributed by atoms with Crippen molar-refractivity contribution < 1.29 is 4.74 Å². The van der Waals surface area contributed by atoms with Gasteiger partial charge in [0.15, 0.2) is 0 Å². The van der Waals surface area contributed by atoms with Gasteiger partial charge >= 0.3 is 6.01 Å². The SMILES string of the molecule is CCCOc1nc(Cl)nc(Nc2cc(Br)ccc2Cl)n1. The highest BCUT2D eigenvalue weighted by Crippen LogP contribution is 2.28. The zero-order valence-corrected chi connectivity index (χ0v) is 13.6. The minimum atomic E-state index is 0.0553. The summed E-state index contributed by atoms with van der Waals surface area (Å²) < 4.78 is 6.22. The molecule has 0 saturated carbocycles. The average Bonchev–Trinajstić information content (AvgIpc) is 2.40. The molecule has 2 aromatic rings. The topological polar surface area (TPSA) is 59.9 Å². The molecular formula is C12H11BrCl2N4O. The standard InChI is InChI=1S/C12H11BrCl2N4O/c1-2-5-20-12-18-10(15)17-11(19-12)16-9-6-7(13)3-4-8(9)14/h3-4,6H,2,5H2,1H3,(H,16,17,18,19). The summed E-state index contributed by atoms with van der Waals surface area (Å²) in [6, 6.07) is 5.59. The quantitative estimate of drug-likeness (QED) is 0.832. The molecule has 0 amide bonds. The van der Waals surface area contributed by atoms with E-state index >= 15 is 0 Å². The first-order valence-corrected chi connectivity index (χ1v) is 7.40. The Labute approximate surface area is 134 Å². The average molecular weight is 378 g/mol. The molecule has 1 heterocycles. The number of nitrogens with one attached hydrogen (secondary N) is 1. The van der Waals surface area contributed by atoms with Crippen LogP contribution < -0.4 is 10.1 Å². The number of halogens is 3. The number of ether oxygens (including phenoxy) is 1. The van der Waals surface area contributed by atoms with Crippen molar-refractivity contribution in [3.63, 3.8) is 0 Å². The minimum Gasteiger partial charge on any atom is -0.463 e. The Kier molecular flexibility index (Phi) is 5.39. The van der Waals surface area contributed by atoms with E-state index in [1.54, 1.807) is 6.07 Å². The number of hydrogen-bond acceptors (Lipinski definition) is 5. The second kappa shape index (κ2) is 7.06. The van der Waals surface area contributed by atoms with Crippen LogP contribution in [-0.2, 0) is 0 Å². The van der Waals surface area contributed by atoms with Gasteiger partial charge in [0.2, 0.25) is 11.2 Å². The van der Waals surface area contributed by atoms with Crippen LogP contribution in [0.5, 0.6) is 6.01 Å². The van der Waals surface area contributed by atoms with Crippen LogP contribution in [0.1, 0.15) is 13.3 Å². The van der Waals surface area contributed by atoms with Gasteiger partial charge in [-0.05, 0) is 36.2 Å². The molecule has 2 rings (SSSR count). The molecule has 0 saturated heterocycles. The van der Waals surface area contributed by atoms with Gasteiger partial charge in [-0.15, -0.1) is 0 Å². The van der Waals surface area contributed by atoms with Crippen LogP contribution in [0.25, 0.3) is 0 Å². The molecule has 0 spiro atoms. The molecule has 0 radical (unpaired) electrons. The molecule has 1 aromatic carbocycles. The molecule has 0 aliphatic heterocycles. The number of benzene rings is 1. The largest absolute Gasteiger partial charge is 0.463 e. The summed E-state index contributed by atoms with van der Waals surface area (Å²) in [4.78, 5) is 12.0. The lowest BCUT2D eigenvalue weighted by atomic mass is 10.3. The maximum absolute atomic E-state index is 6.09. The number of rotatable bonds is 5. The predicted molar refractivity (Wildman–Crippen MR) is 83.1 cm³/mol. The number of aromatic nitrogens is 3. The predicted octanol–water partition coefficient (Wildman–Crippen LogP) is 4.47. The first-order valence-electron chi connectivity index (χ1n) is 5.85. The Morgan fingerprint density at radius 3 is 2.80 bits per heavy atom. The van der Waals surface area contributed by atoms with Gasteiger partial charge in [0.05, 0.1) is 17.3 Å². The lowest BCUT2D eigenvalue weighted by Crippen LogP contribution is -2.05. The second-order valence-electron chi connectivity index (χ2n) is 3.81. The van der Waals surface area contributed by atoms with E-state index in [2.05, 4.69) is 36.2 Å². The molecule has 0 unspecified atom stereocenters. The van der Waals surface area contributed by atoms with Crippen molar-refractivity contribution >= 4 is 50.8 Å². The van der Waals surface area contributed by atoms with Crippen molar-refractivity contribution in [3.8, 4) is 6.01 Å². The fraction of sp³-hybridized carbons (Fsp3) is 0.250. The maximum Gasteiger partial charge on any atom is 0.322 e. The summed E-state index contributed by atoms with van der Waals surface area (Å²) in [6.07, 6.45) is 0.851. The van der Waals surface area contributed by atoms with Crippen LogP contribution >= 0.6 is 39.1 Å². The van der Waals surface area contributed by atoms with Crippen LogP contribution in [0.2, 0.25) is 10.3 Å². The van der Waals surface area contributed by atoms with Crippen LogP contribution in [0.4, 0.5) is 11.6 Å². The van der Waals surface area contributed by atoms with E-state index in [0.29, 0.717) is 17.3 Å². The molecule has 5 nitrogen and oxygen atoms in total. The van der Waals surface area contributed by atoms with Crippen molar-refractivity contribution in [2.24, 2.45) is 0 Å². The van der Waals surface area contributed by atoms with Gasteiger partial charge in [-0.25, -0.2) is 0 Å². The van der Waals surface area contributed by atoms with E-state index in [1.165, 1.54) is 0 Å². The Bertz CT molecular complexity index is 612. The zero-order valence-electron chi connectivity index (χ0n) is 10.5. The van der Waals surface area contributed by atoms with Crippen molar-refractivity contribution in [2.75, 3.05) is 11.9 Å². The molecule has 0 aliphatic carbocycles. The highest BCUT2D eigenvalue weighted by Gasteiger charge is 2.08. The highest BCUT2D eigenvalue weighted by molar-refractivity contribution is 9.10. The third kappa shape index (κ3) is 4.19. The van der Waals surface area contributed by atoms with Crippen molar-refractivity contribution in [1.82, 2.24) is 15.0 Å². The first kappa shape index (κ1) is 15.3. The molecule has 1 N–H and O–H groups in total. The third-order valence-corrected chi connectivity index (χ3v) is 3.19. The Balaban J connectivity index is 2.24. The zero-order chi connectivity index (χ0) is 14.5. The van der Waals surface area contributed by atoms with Crippen LogP contribution in [0.15, 0.2) is 22.7 Å². The summed E-state index contributed by atoms with van der Waals surface area (Å²) in [7, 11) is 0. The Morgan fingerprint density at radius 1 is 1.25 bits per heavy atom. The maximum atomic E-state index is 6.09. The third-order valence-electron chi connectivity index (χ3n) is 2.20. The van der Waals surface area contributed by atoms with Gasteiger partial charge in [0.1, 0.15) is 0 Å². The fourth-order valence-corrected chi connectivity index (χ4v) is 2.04. The summed E-state index contributed by atoms with van der Waals surface area (Å²) in [5.41, 5.74) is 0.657. The Hall–Kier alpha value is -1.11. The van der Waals surface area contributed by atoms with Gasteiger partial charge in [-0.1, -0.05) is 34.5 Å².